The molecule has 0 aromatic heterocycles. The molecule has 118 valence electrons. The van der Waals surface area contributed by atoms with Gasteiger partial charge >= 0.3 is 0 Å². The van der Waals surface area contributed by atoms with E-state index in [1.165, 1.54) is 18.4 Å². The maximum Gasteiger partial charge on any atom is 0.149 e. The van der Waals surface area contributed by atoms with Crippen molar-refractivity contribution in [2.45, 2.75) is 45.4 Å². The summed E-state index contributed by atoms with van der Waals surface area (Å²) in [7, 11) is 0. The molecular formula is C20H24ClF. The summed E-state index contributed by atoms with van der Waals surface area (Å²) < 4.78 is 14.7. The maximum atomic E-state index is 14.7. The van der Waals surface area contributed by atoms with Crippen LogP contribution in [0.1, 0.15) is 51.1 Å². The topological polar surface area (TPSA) is 0 Å². The molecule has 2 aromatic carbocycles. The SMILES string of the molecule is Cc1ccc(-c2ccc(C3CCC(C)CC3)c(Cl)c2F)cc1.[HH]. The van der Waals surface area contributed by atoms with Gasteiger partial charge in [0, 0.05) is 6.99 Å². The third kappa shape index (κ3) is 3.05. The molecule has 0 heterocycles. The highest BCUT2D eigenvalue weighted by molar-refractivity contribution is 6.32. The highest BCUT2D eigenvalue weighted by Crippen LogP contribution is 2.41. The van der Waals surface area contributed by atoms with Gasteiger partial charge in [-0.15, -0.1) is 0 Å². The summed E-state index contributed by atoms with van der Waals surface area (Å²) in [6.45, 7) is 4.32. The lowest BCUT2D eigenvalue weighted by Gasteiger charge is -2.27. The van der Waals surface area contributed by atoms with Gasteiger partial charge in [0.05, 0.1) is 5.02 Å². The summed E-state index contributed by atoms with van der Waals surface area (Å²) in [5, 5.41) is 0.317. The first-order chi connectivity index (χ1) is 10.6. The van der Waals surface area contributed by atoms with Gasteiger partial charge in [0.2, 0.25) is 0 Å². The Morgan fingerprint density at radius 1 is 1.00 bits per heavy atom. The summed E-state index contributed by atoms with van der Waals surface area (Å²) in [5.41, 5.74) is 3.64. The van der Waals surface area contributed by atoms with Gasteiger partial charge < -0.3 is 0 Å². The molecule has 1 saturated carbocycles. The third-order valence-corrected chi connectivity index (χ3v) is 5.31. The van der Waals surface area contributed by atoms with E-state index < -0.39 is 0 Å². The molecule has 1 aliphatic rings. The molecule has 2 aromatic rings. The van der Waals surface area contributed by atoms with Crippen LogP contribution < -0.4 is 0 Å². The second kappa shape index (κ2) is 6.42. The van der Waals surface area contributed by atoms with Gasteiger partial charge in [0.25, 0.3) is 0 Å². The Labute approximate surface area is 138 Å². The lowest BCUT2D eigenvalue weighted by Crippen LogP contribution is -2.11. The highest BCUT2D eigenvalue weighted by atomic mass is 35.5. The number of hydrogen-bond donors (Lipinski definition) is 0. The van der Waals surface area contributed by atoms with Crippen molar-refractivity contribution in [3.05, 3.63) is 58.4 Å². The van der Waals surface area contributed by atoms with Crippen molar-refractivity contribution in [1.82, 2.24) is 0 Å². The van der Waals surface area contributed by atoms with Gasteiger partial charge in [0.1, 0.15) is 5.82 Å². The summed E-state index contributed by atoms with van der Waals surface area (Å²) >= 11 is 6.37. The Kier molecular flexibility index (Phi) is 4.54. The van der Waals surface area contributed by atoms with E-state index in [2.05, 4.69) is 6.92 Å². The van der Waals surface area contributed by atoms with Crippen LogP contribution in [0.15, 0.2) is 36.4 Å². The summed E-state index contributed by atoms with van der Waals surface area (Å²) in [4.78, 5) is 0. The molecule has 0 saturated heterocycles. The molecule has 1 aliphatic carbocycles. The average Bonchev–Trinajstić information content (AvgIpc) is 2.52. The van der Waals surface area contributed by atoms with Gasteiger partial charge in [-0.25, -0.2) is 4.39 Å². The van der Waals surface area contributed by atoms with Gasteiger partial charge in [-0.2, -0.15) is 0 Å². The molecule has 0 N–H and O–H groups in total. The molecule has 0 nitrogen and oxygen atoms in total. The molecule has 0 amide bonds. The molecule has 0 unspecified atom stereocenters. The largest absolute Gasteiger partial charge is 0.205 e. The molecule has 2 heteroatoms. The Bertz CT molecular complexity index is 658. The van der Waals surface area contributed by atoms with Crippen LogP contribution in [0.2, 0.25) is 5.02 Å². The van der Waals surface area contributed by atoms with E-state index in [-0.39, 0.29) is 7.24 Å². The van der Waals surface area contributed by atoms with Crippen molar-refractivity contribution in [3.63, 3.8) is 0 Å². The van der Waals surface area contributed by atoms with Crippen molar-refractivity contribution >= 4 is 11.6 Å². The summed E-state index contributed by atoms with van der Waals surface area (Å²) in [5.74, 6) is 0.915. The van der Waals surface area contributed by atoms with E-state index in [9.17, 15) is 4.39 Å². The first kappa shape index (κ1) is 15.6. The minimum absolute atomic E-state index is 0. The molecule has 22 heavy (non-hydrogen) atoms. The number of halogens is 2. The Balaban J connectivity index is 0.00000192. The Hall–Kier alpha value is -1.34. The number of aryl methyl sites for hydroxylation is 1. The molecule has 0 aliphatic heterocycles. The van der Waals surface area contributed by atoms with E-state index in [0.29, 0.717) is 16.5 Å². The van der Waals surface area contributed by atoms with E-state index in [0.717, 1.165) is 29.9 Å². The molecule has 0 bridgehead atoms. The maximum absolute atomic E-state index is 14.7. The summed E-state index contributed by atoms with van der Waals surface area (Å²) in [6, 6.07) is 11.8. The predicted octanol–water partition coefficient (Wildman–Crippen LogP) is 6.99. The molecule has 1 fully saturated rings. The van der Waals surface area contributed by atoms with Crippen LogP contribution in [0.3, 0.4) is 0 Å². The lowest BCUT2D eigenvalue weighted by molar-refractivity contribution is 0.347. The second-order valence-electron chi connectivity index (χ2n) is 6.65. The smallest absolute Gasteiger partial charge is 0.149 e. The zero-order chi connectivity index (χ0) is 15.7. The summed E-state index contributed by atoms with van der Waals surface area (Å²) in [6.07, 6.45) is 4.65. The standard InChI is InChI=1S/C20H22ClF.H2/c1-13-3-7-15(8-4-13)17-11-12-18(20(22)19(17)21)16-9-5-14(2)6-10-16;/h5-6,9-13,15H,3-4,7-8H2,1-2H3;1H. The minimum atomic E-state index is -0.276. The second-order valence-corrected chi connectivity index (χ2v) is 7.03. The Morgan fingerprint density at radius 3 is 2.27 bits per heavy atom. The monoisotopic (exact) mass is 318 g/mol. The Morgan fingerprint density at radius 2 is 1.64 bits per heavy atom. The van der Waals surface area contributed by atoms with Crippen LogP contribution in [0, 0.1) is 18.7 Å². The molecule has 0 spiro atoms. The van der Waals surface area contributed by atoms with E-state index >= 15 is 0 Å². The van der Waals surface area contributed by atoms with E-state index in [1.807, 2.05) is 43.3 Å². The van der Waals surface area contributed by atoms with Crippen molar-refractivity contribution in [2.24, 2.45) is 5.92 Å². The first-order valence-electron chi connectivity index (χ1n) is 8.11. The van der Waals surface area contributed by atoms with Crippen LogP contribution in [0.4, 0.5) is 4.39 Å². The van der Waals surface area contributed by atoms with Crippen LogP contribution in [-0.4, -0.2) is 0 Å². The van der Waals surface area contributed by atoms with Crippen molar-refractivity contribution < 1.29 is 5.82 Å². The van der Waals surface area contributed by atoms with Crippen molar-refractivity contribution in [3.8, 4) is 11.1 Å². The van der Waals surface area contributed by atoms with Crippen LogP contribution >= 0.6 is 11.6 Å². The fraction of sp³-hybridized carbons (Fsp3) is 0.400. The zero-order valence-electron chi connectivity index (χ0n) is 13.2. The molecule has 0 atom stereocenters. The van der Waals surface area contributed by atoms with Gasteiger partial charge in [-0.05, 0) is 42.7 Å². The van der Waals surface area contributed by atoms with Gasteiger partial charge in [-0.3, -0.25) is 0 Å². The molecule has 0 radical (unpaired) electrons. The minimum Gasteiger partial charge on any atom is -0.205 e. The van der Waals surface area contributed by atoms with Gasteiger partial charge in [0.15, 0.2) is 0 Å². The normalized spacial score (nSPS) is 21.8. The number of rotatable bonds is 2. The van der Waals surface area contributed by atoms with Crippen LogP contribution in [0.5, 0.6) is 0 Å². The fourth-order valence-corrected chi connectivity index (χ4v) is 3.73. The van der Waals surface area contributed by atoms with Gasteiger partial charge in [-0.1, -0.05) is 73.3 Å². The van der Waals surface area contributed by atoms with Crippen molar-refractivity contribution in [1.29, 1.82) is 0 Å². The highest BCUT2D eigenvalue weighted by Gasteiger charge is 2.24. The van der Waals surface area contributed by atoms with E-state index in [1.54, 1.807) is 0 Å². The quantitative estimate of drug-likeness (QED) is 0.559. The molecule has 3 rings (SSSR count). The molecular weight excluding hydrogens is 295 g/mol. The van der Waals surface area contributed by atoms with Crippen molar-refractivity contribution in [2.75, 3.05) is 0 Å². The first-order valence-corrected chi connectivity index (χ1v) is 8.49. The third-order valence-electron chi connectivity index (χ3n) is 4.93. The van der Waals surface area contributed by atoms with E-state index in [4.69, 9.17) is 11.6 Å². The average molecular weight is 319 g/mol. The lowest BCUT2D eigenvalue weighted by atomic mass is 9.79. The van der Waals surface area contributed by atoms with Crippen LogP contribution in [0.25, 0.3) is 11.1 Å². The zero-order valence-corrected chi connectivity index (χ0v) is 14.0. The number of hydrogen-bond acceptors (Lipinski definition) is 0. The fourth-order valence-electron chi connectivity index (χ4n) is 3.41. The van der Waals surface area contributed by atoms with Crippen LogP contribution in [-0.2, 0) is 0 Å². The predicted molar refractivity (Wildman–Crippen MR) is 94.1 cm³/mol. The number of benzene rings is 2.